The summed E-state index contributed by atoms with van der Waals surface area (Å²) in [5, 5.41) is 0. The third-order valence-electron chi connectivity index (χ3n) is 3.40. The van der Waals surface area contributed by atoms with Gasteiger partial charge in [-0.2, -0.15) is 0 Å². The number of rotatable bonds is 2. The fourth-order valence-electron chi connectivity index (χ4n) is 2.43. The SMILES string of the molecule is CC1CCCN(C(=O)c2ccc(Br)o2)C1CN. The second kappa shape index (κ2) is 5.23. The molecular weight excluding hydrogens is 284 g/mol. The average molecular weight is 301 g/mol. The maximum atomic E-state index is 12.3. The summed E-state index contributed by atoms with van der Waals surface area (Å²) in [4.78, 5) is 14.1. The largest absolute Gasteiger partial charge is 0.444 e. The molecule has 1 amide bonds. The van der Waals surface area contributed by atoms with Gasteiger partial charge >= 0.3 is 0 Å². The number of nitrogens with two attached hydrogens (primary N) is 1. The van der Waals surface area contributed by atoms with E-state index in [1.165, 1.54) is 0 Å². The Morgan fingerprint density at radius 2 is 2.41 bits per heavy atom. The fourth-order valence-corrected chi connectivity index (χ4v) is 2.74. The van der Waals surface area contributed by atoms with Gasteiger partial charge in [-0.1, -0.05) is 6.92 Å². The molecule has 2 unspecified atom stereocenters. The van der Waals surface area contributed by atoms with Crippen LogP contribution in [0.25, 0.3) is 0 Å². The molecule has 2 rings (SSSR count). The highest BCUT2D eigenvalue weighted by Crippen LogP contribution is 2.25. The number of hydrogen-bond donors (Lipinski definition) is 1. The van der Waals surface area contributed by atoms with Gasteiger partial charge < -0.3 is 15.1 Å². The van der Waals surface area contributed by atoms with Gasteiger partial charge in [0.2, 0.25) is 0 Å². The summed E-state index contributed by atoms with van der Waals surface area (Å²) in [6.45, 7) is 3.42. The Morgan fingerprint density at radius 1 is 1.65 bits per heavy atom. The number of furan rings is 1. The molecule has 0 saturated carbocycles. The first-order valence-corrected chi connectivity index (χ1v) is 6.69. The minimum atomic E-state index is -0.0577. The standard InChI is InChI=1S/C12H17BrN2O2/c1-8-3-2-6-15(9(8)7-14)12(16)10-4-5-11(13)17-10/h4-5,8-9H,2-3,6-7,14H2,1H3. The van der Waals surface area contributed by atoms with Crippen LogP contribution in [-0.4, -0.2) is 29.9 Å². The van der Waals surface area contributed by atoms with Crippen molar-refractivity contribution in [1.29, 1.82) is 0 Å². The normalized spacial score (nSPS) is 25.0. The van der Waals surface area contributed by atoms with Gasteiger partial charge in [0.15, 0.2) is 10.4 Å². The van der Waals surface area contributed by atoms with E-state index in [-0.39, 0.29) is 11.9 Å². The lowest BCUT2D eigenvalue weighted by Crippen LogP contribution is -2.51. The Morgan fingerprint density at radius 3 is 3.00 bits per heavy atom. The van der Waals surface area contributed by atoms with Gasteiger partial charge in [-0.25, -0.2) is 0 Å². The maximum absolute atomic E-state index is 12.3. The maximum Gasteiger partial charge on any atom is 0.289 e. The molecule has 1 fully saturated rings. The first-order chi connectivity index (χ1) is 8.13. The molecule has 1 aromatic rings. The molecule has 2 N–H and O–H groups in total. The highest BCUT2D eigenvalue weighted by atomic mass is 79.9. The number of likely N-dealkylation sites (tertiary alicyclic amines) is 1. The molecule has 2 atom stereocenters. The summed E-state index contributed by atoms with van der Waals surface area (Å²) in [5.74, 6) is 0.776. The van der Waals surface area contributed by atoms with Gasteiger partial charge in [0.05, 0.1) is 0 Å². The molecule has 0 aliphatic carbocycles. The predicted octanol–water partition coefficient (Wildman–Crippen LogP) is 2.24. The van der Waals surface area contributed by atoms with Crippen LogP contribution >= 0.6 is 15.9 Å². The molecule has 1 saturated heterocycles. The van der Waals surface area contributed by atoms with Crippen molar-refractivity contribution < 1.29 is 9.21 Å². The molecule has 0 spiro atoms. The second-order valence-corrected chi connectivity index (χ2v) is 5.31. The number of halogens is 1. The van der Waals surface area contributed by atoms with E-state index in [9.17, 15) is 4.79 Å². The van der Waals surface area contributed by atoms with Crippen LogP contribution in [0.2, 0.25) is 0 Å². The van der Waals surface area contributed by atoms with Crippen LogP contribution < -0.4 is 5.73 Å². The lowest BCUT2D eigenvalue weighted by Gasteiger charge is -2.38. The summed E-state index contributed by atoms with van der Waals surface area (Å²) >= 11 is 3.21. The zero-order chi connectivity index (χ0) is 12.4. The van der Waals surface area contributed by atoms with Crippen molar-refractivity contribution in [3.63, 3.8) is 0 Å². The molecule has 1 aliphatic rings. The van der Waals surface area contributed by atoms with Crippen molar-refractivity contribution in [2.45, 2.75) is 25.8 Å². The Kier molecular flexibility index (Phi) is 3.89. The van der Waals surface area contributed by atoms with Crippen LogP contribution in [0.3, 0.4) is 0 Å². The smallest absolute Gasteiger partial charge is 0.289 e. The molecule has 0 radical (unpaired) electrons. The Labute approximate surface area is 109 Å². The van der Waals surface area contributed by atoms with Gasteiger partial charge in [-0.05, 0) is 46.8 Å². The molecule has 0 aromatic carbocycles. The van der Waals surface area contributed by atoms with Crippen LogP contribution in [0.15, 0.2) is 21.2 Å². The van der Waals surface area contributed by atoms with Crippen molar-refractivity contribution in [3.05, 3.63) is 22.6 Å². The van der Waals surface area contributed by atoms with Gasteiger partial charge in [-0.3, -0.25) is 4.79 Å². The molecule has 4 nitrogen and oxygen atoms in total. The van der Waals surface area contributed by atoms with Crippen molar-refractivity contribution in [3.8, 4) is 0 Å². The summed E-state index contributed by atoms with van der Waals surface area (Å²) in [7, 11) is 0. The highest BCUT2D eigenvalue weighted by molar-refractivity contribution is 9.10. The second-order valence-electron chi connectivity index (χ2n) is 4.52. The first kappa shape index (κ1) is 12.6. The van der Waals surface area contributed by atoms with Gasteiger partial charge in [0.25, 0.3) is 5.91 Å². The topological polar surface area (TPSA) is 59.5 Å². The Balaban J connectivity index is 2.17. The number of carbonyl (C=O) groups excluding carboxylic acids is 1. The summed E-state index contributed by atoms with van der Waals surface area (Å²) in [6, 6.07) is 3.55. The van der Waals surface area contributed by atoms with Gasteiger partial charge in [0, 0.05) is 19.1 Å². The number of piperidine rings is 1. The number of hydrogen-bond acceptors (Lipinski definition) is 3. The molecule has 17 heavy (non-hydrogen) atoms. The van der Waals surface area contributed by atoms with Crippen molar-refractivity contribution >= 4 is 21.8 Å². The molecular formula is C12H17BrN2O2. The predicted molar refractivity (Wildman–Crippen MR) is 68.7 cm³/mol. The molecule has 94 valence electrons. The third-order valence-corrected chi connectivity index (χ3v) is 3.83. The van der Waals surface area contributed by atoms with Crippen LogP contribution in [0, 0.1) is 5.92 Å². The van der Waals surface area contributed by atoms with Crippen LogP contribution in [0.1, 0.15) is 30.3 Å². The lowest BCUT2D eigenvalue weighted by atomic mass is 9.90. The van der Waals surface area contributed by atoms with E-state index in [0.717, 1.165) is 19.4 Å². The number of amides is 1. The monoisotopic (exact) mass is 300 g/mol. The van der Waals surface area contributed by atoms with Crippen LogP contribution in [0.5, 0.6) is 0 Å². The zero-order valence-electron chi connectivity index (χ0n) is 9.86. The molecule has 2 heterocycles. The number of carbonyl (C=O) groups is 1. The summed E-state index contributed by atoms with van der Waals surface area (Å²) in [5.41, 5.74) is 5.77. The summed E-state index contributed by atoms with van der Waals surface area (Å²) in [6.07, 6.45) is 2.17. The van der Waals surface area contributed by atoms with Crippen molar-refractivity contribution in [2.24, 2.45) is 11.7 Å². The molecule has 1 aliphatic heterocycles. The minimum Gasteiger partial charge on any atom is -0.444 e. The number of nitrogens with zero attached hydrogens (tertiary/aromatic N) is 1. The van der Waals surface area contributed by atoms with E-state index in [4.69, 9.17) is 10.2 Å². The average Bonchev–Trinajstić information content (AvgIpc) is 2.74. The van der Waals surface area contributed by atoms with Crippen molar-refractivity contribution in [2.75, 3.05) is 13.1 Å². The quantitative estimate of drug-likeness (QED) is 0.911. The van der Waals surface area contributed by atoms with E-state index >= 15 is 0 Å². The van der Waals surface area contributed by atoms with Crippen molar-refractivity contribution in [1.82, 2.24) is 4.90 Å². The fraction of sp³-hybridized carbons (Fsp3) is 0.583. The Hall–Kier alpha value is -0.810. The molecule has 1 aromatic heterocycles. The van der Waals surface area contributed by atoms with Gasteiger partial charge in [-0.15, -0.1) is 0 Å². The van der Waals surface area contributed by atoms with E-state index < -0.39 is 0 Å². The first-order valence-electron chi connectivity index (χ1n) is 5.90. The Bertz CT molecular complexity index is 405. The van der Waals surface area contributed by atoms with Gasteiger partial charge in [0.1, 0.15) is 0 Å². The lowest BCUT2D eigenvalue weighted by molar-refractivity contribution is 0.0500. The van der Waals surface area contributed by atoms with E-state index in [1.54, 1.807) is 12.1 Å². The minimum absolute atomic E-state index is 0.0577. The van der Waals surface area contributed by atoms with Crippen LogP contribution in [0.4, 0.5) is 0 Å². The summed E-state index contributed by atoms with van der Waals surface area (Å²) < 4.78 is 5.89. The highest BCUT2D eigenvalue weighted by Gasteiger charge is 2.32. The van der Waals surface area contributed by atoms with E-state index in [0.29, 0.717) is 22.9 Å². The van der Waals surface area contributed by atoms with Crippen LogP contribution in [-0.2, 0) is 0 Å². The third kappa shape index (κ3) is 2.55. The van der Waals surface area contributed by atoms with E-state index in [2.05, 4.69) is 22.9 Å². The molecule has 5 heteroatoms. The van der Waals surface area contributed by atoms with E-state index in [1.807, 2.05) is 4.90 Å². The molecule has 0 bridgehead atoms. The zero-order valence-corrected chi connectivity index (χ0v) is 11.4.